The zero-order valence-electron chi connectivity index (χ0n) is 17.0. The number of ketones is 1. The molecule has 158 valence electrons. The van der Waals surface area contributed by atoms with Crippen LogP contribution in [0.4, 0.5) is 0 Å². The number of carbonyl (C=O) groups is 1. The molecule has 0 bridgehead atoms. The molecule has 1 N–H and O–H groups in total. The Bertz CT molecular complexity index is 876. The van der Waals surface area contributed by atoms with Crippen molar-refractivity contribution in [2.45, 2.75) is 18.4 Å². The second kappa shape index (κ2) is 10.7. The summed E-state index contributed by atoms with van der Waals surface area (Å²) in [6.45, 7) is 3.13. The first kappa shape index (κ1) is 22.5. The summed E-state index contributed by atoms with van der Waals surface area (Å²) >= 11 is 3.20. The van der Waals surface area contributed by atoms with Crippen LogP contribution < -0.4 is 4.74 Å². The van der Waals surface area contributed by atoms with Gasteiger partial charge in [-0.05, 0) is 23.6 Å². The lowest BCUT2D eigenvalue weighted by Crippen LogP contribution is -2.40. The molecule has 0 amide bonds. The predicted octanol–water partition coefficient (Wildman–Crippen LogP) is 4.72. The lowest BCUT2D eigenvalue weighted by Gasteiger charge is -2.36. The fourth-order valence-electron chi connectivity index (χ4n) is 3.65. The first-order chi connectivity index (χ1) is 14.6. The zero-order chi connectivity index (χ0) is 21.4. The number of ether oxygens (including phenoxy) is 2. The van der Waals surface area contributed by atoms with Crippen LogP contribution in [0.15, 0.2) is 78.9 Å². The summed E-state index contributed by atoms with van der Waals surface area (Å²) in [6, 6.07) is 17.1. The summed E-state index contributed by atoms with van der Waals surface area (Å²) in [6.07, 6.45) is 7.51. The zero-order valence-corrected chi connectivity index (χ0v) is 18.6. The standard InChI is InChI=1S/C25H27BrO4/c1-19-7-5-6-14-25(19,24(28)20-8-3-2-4-9-20)21-10-12-23(13-11-21)30-16-15-29-18-22(27)17-26/h2-14,19,22,27H,15-18H2,1H3. The van der Waals surface area contributed by atoms with E-state index in [4.69, 9.17) is 9.47 Å². The molecule has 2 aromatic rings. The van der Waals surface area contributed by atoms with Gasteiger partial charge in [-0.1, -0.05) is 89.6 Å². The van der Waals surface area contributed by atoms with Gasteiger partial charge in [-0.3, -0.25) is 4.79 Å². The summed E-state index contributed by atoms with van der Waals surface area (Å²) in [5, 5.41) is 9.94. The minimum Gasteiger partial charge on any atom is -0.491 e. The Hall–Kier alpha value is -2.21. The third-order valence-corrected chi connectivity index (χ3v) is 6.06. The quantitative estimate of drug-likeness (QED) is 0.310. The van der Waals surface area contributed by atoms with Crippen molar-refractivity contribution < 1.29 is 19.4 Å². The molecular formula is C25H27BrO4. The third kappa shape index (κ3) is 5.09. The summed E-state index contributed by atoms with van der Waals surface area (Å²) in [5.41, 5.74) is 0.893. The highest BCUT2D eigenvalue weighted by atomic mass is 79.9. The maximum Gasteiger partial charge on any atom is 0.177 e. The topological polar surface area (TPSA) is 55.8 Å². The number of Topliss-reactive ketones (excluding diaryl/α,β-unsaturated/α-hetero) is 1. The van der Waals surface area contributed by atoms with Crippen LogP contribution in [-0.4, -0.2) is 42.1 Å². The maximum atomic E-state index is 13.6. The van der Waals surface area contributed by atoms with E-state index < -0.39 is 11.5 Å². The Kier molecular flexibility index (Phi) is 8.02. The van der Waals surface area contributed by atoms with Gasteiger partial charge < -0.3 is 14.6 Å². The van der Waals surface area contributed by atoms with Crippen LogP contribution in [0, 0.1) is 5.92 Å². The van der Waals surface area contributed by atoms with Crippen molar-refractivity contribution in [2.24, 2.45) is 5.92 Å². The summed E-state index contributed by atoms with van der Waals surface area (Å²) in [7, 11) is 0. The number of halogens is 1. The lowest BCUT2D eigenvalue weighted by atomic mass is 9.65. The number of benzene rings is 2. The molecule has 0 radical (unpaired) electrons. The van der Waals surface area contributed by atoms with Gasteiger partial charge in [0, 0.05) is 10.9 Å². The van der Waals surface area contributed by atoms with E-state index in [2.05, 4.69) is 28.9 Å². The fourth-order valence-corrected chi connectivity index (χ4v) is 3.84. The molecule has 0 fully saturated rings. The highest BCUT2D eigenvalue weighted by Gasteiger charge is 2.43. The molecule has 0 aliphatic heterocycles. The van der Waals surface area contributed by atoms with Crippen molar-refractivity contribution >= 4 is 21.7 Å². The van der Waals surface area contributed by atoms with Gasteiger partial charge in [-0.25, -0.2) is 0 Å². The number of allylic oxidation sites excluding steroid dienone is 4. The van der Waals surface area contributed by atoms with E-state index in [0.717, 1.165) is 5.56 Å². The average molecular weight is 471 g/mol. The van der Waals surface area contributed by atoms with Gasteiger partial charge in [0.2, 0.25) is 0 Å². The number of rotatable bonds is 10. The van der Waals surface area contributed by atoms with Crippen molar-refractivity contribution in [3.63, 3.8) is 0 Å². The van der Waals surface area contributed by atoms with Gasteiger partial charge in [0.15, 0.2) is 5.78 Å². The van der Waals surface area contributed by atoms with Gasteiger partial charge in [0.1, 0.15) is 12.4 Å². The molecule has 0 aromatic heterocycles. The van der Waals surface area contributed by atoms with Crippen LogP contribution >= 0.6 is 15.9 Å². The van der Waals surface area contributed by atoms with E-state index >= 15 is 0 Å². The van der Waals surface area contributed by atoms with Gasteiger partial charge in [0.05, 0.1) is 24.7 Å². The molecule has 30 heavy (non-hydrogen) atoms. The number of carbonyl (C=O) groups excluding carboxylic acids is 1. The van der Waals surface area contributed by atoms with Crippen molar-refractivity contribution in [1.82, 2.24) is 0 Å². The summed E-state index contributed by atoms with van der Waals surface area (Å²) < 4.78 is 11.1. The van der Waals surface area contributed by atoms with Crippen molar-refractivity contribution in [3.8, 4) is 5.75 Å². The molecule has 2 aromatic carbocycles. The van der Waals surface area contributed by atoms with E-state index in [9.17, 15) is 9.90 Å². The molecule has 4 nitrogen and oxygen atoms in total. The Morgan fingerprint density at radius 1 is 1.10 bits per heavy atom. The average Bonchev–Trinajstić information content (AvgIpc) is 2.79. The number of aliphatic hydroxyl groups is 1. The van der Waals surface area contributed by atoms with Gasteiger partial charge in [-0.15, -0.1) is 0 Å². The van der Waals surface area contributed by atoms with Crippen molar-refractivity contribution in [1.29, 1.82) is 0 Å². The Morgan fingerprint density at radius 2 is 1.83 bits per heavy atom. The normalized spacial score (nSPS) is 21.4. The highest BCUT2D eigenvalue weighted by Crippen LogP contribution is 2.40. The van der Waals surface area contributed by atoms with Gasteiger partial charge in [0.25, 0.3) is 0 Å². The largest absolute Gasteiger partial charge is 0.491 e. The Labute approximate surface area is 186 Å². The molecule has 0 saturated carbocycles. The van der Waals surface area contributed by atoms with E-state index in [0.29, 0.717) is 29.9 Å². The summed E-state index contributed by atoms with van der Waals surface area (Å²) in [5.74, 6) is 0.827. The van der Waals surface area contributed by atoms with Crippen molar-refractivity contribution in [2.75, 3.05) is 25.2 Å². The molecule has 0 saturated heterocycles. The van der Waals surface area contributed by atoms with E-state index in [1.807, 2.05) is 72.8 Å². The van der Waals surface area contributed by atoms with Crippen molar-refractivity contribution in [3.05, 3.63) is 90.0 Å². The van der Waals surface area contributed by atoms with Gasteiger partial charge in [-0.2, -0.15) is 0 Å². The minimum absolute atomic E-state index is 0.0243. The van der Waals surface area contributed by atoms with Crippen LogP contribution in [0.2, 0.25) is 0 Å². The third-order valence-electron chi connectivity index (χ3n) is 5.32. The first-order valence-electron chi connectivity index (χ1n) is 10.1. The first-order valence-corrected chi connectivity index (χ1v) is 11.2. The van der Waals surface area contributed by atoms with Crippen LogP contribution in [-0.2, 0) is 10.2 Å². The number of aliphatic hydroxyl groups excluding tert-OH is 1. The van der Waals surface area contributed by atoms with Crippen LogP contribution in [0.25, 0.3) is 0 Å². The smallest absolute Gasteiger partial charge is 0.177 e. The molecule has 1 aliphatic carbocycles. The Balaban J connectivity index is 1.73. The Morgan fingerprint density at radius 3 is 2.50 bits per heavy atom. The predicted molar refractivity (Wildman–Crippen MR) is 122 cm³/mol. The summed E-state index contributed by atoms with van der Waals surface area (Å²) in [4.78, 5) is 13.6. The number of alkyl halides is 1. The molecular weight excluding hydrogens is 444 g/mol. The molecule has 3 unspecified atom stereocenters. The molecule has 3 rings (SSSR count). The second-order valence-corrected chi connectivity index (χ2v) is 8.00. The van der Waals surface area contributed by atoms with Gasteiger partial charge >= 0.3 is 0 Å². The lowest BCUT2D eigenvalue weighted by molar-refractivity contribution is 0.0353. The molecule has 1 aliphatic rings. The minimum atomic E-state index is -0.746. The molecule has 0 spiro atoms. The van der Waals surface area contributed by atoms with E-state index in [1.54, 1.807) is 0 Å². The van der Waals surface area contributed by atoms with E-state index in [-0.39, 0.29) is 18.3 Å². The SMILES string of the molecule is CC1C=CC=CC1(C(=O)c1ccccc1)c1ccc(OCCOCC(O)CBr)cc1. The maximum absolute atomic E-state index is 13.6. The van der Waals surface area contributed by atoms with Crippen LogP contribution in [0.3, 0.4) is 0 Å². The molecule has 3 atom stereocenters. The monoisotopic (exact) mass is 470 g/mol. The molecule has 5 heteroatoms. The number of hydrogen-bond acceptors (Lipinski definition) is 4. The number of hydrogen-bond donors (Lipinski definition) is 1. The fraction of sp³-hybridized carbons (Fsp3) is 0.320. The second-order valence-electron chi connectivity index (χ2n) is 7.35. The van der Waals surface area contributed by atoms with Crippen LogP contribution in [0.5, 0.6) is 5.75 Å². The van der Waals surface area contributed by atoms with E-state index in [1.165, 1.54) is 0 Å². The van der Waals surface area contributed by atoms with Crippen LogP contribution in [0.1, 0.15) is 22.8 Å². The molecule has 0 heterocycles. The highest BCUT2D eigenvalue weighted by molar-refractivity contribution is 9.09.